The number of fused-ring (bicyclic) bond motifs is 1. The van der Waals surface area contributed by atoms with Crippen molar-refractivity contribution in [3.8, 4) is 11.5 Å². The Kier molecular flexibility index (Phi) is 6.58. The van der Waals surface area contributed by atoms with Crippen molar-refractivity contribution in [2.24, 2.45) is 0 Å². The van der Waals surface area contributed by atoms with Crippen LogP contribution in [-0.4, -0.2) is 29.6 Å². The summed E-state index contributed by atoms with van der Waals surface area (Å²) >= 11 is 0. The molecule has 2 aromatic heterocycles. The topological polar surface area (TPSA) is 88.3 Å². The number of amides is 1. The van der Waals surface area contributed by atoms with Crippen LogP contribution in [0.25, 0.3) is 11.0 Å². The monoisotopic (exact) mass is 470 g/mol. The molecule has 0 aliphatic heterocycles. The van der Waals surface area contributed by atoms with Crippen molar-refractivity contribution < 1.29 is 27.4 Å². The molecule has 0 spiro atoms. The highest BCUT2D eigenvalue weighted by atomic mass is 19.4. The zero-order chi connectivity index (χ0) is 24.1. The molecule has 2 heterocycles. The Labute approximate surface area is 192 Å². The number of benzene rings is 2. The van der Waals surface area contributed by atoms with E-state index in [4.69, 9.17) is 9.47 Å². The third-order valence-electron chi connectivity index (χ3n) is 4.96. The lowest BCUT2D eigenvalue weighted by Crippen LogP contribution is -2.20. The van der Waals surface area contributed by atoms with E-state index in [1.165, 1.54) is 19.2 Å². The van der Waals surface area contributed by atoms with Gasteiger partial charge in [0.15, 0.2) is 18.1 Å². The van der Waals surface area contributed by atoms with Gasteiger partial charge in [-0.1, -0.05) is 12.1 Å². The van der Waals surface area contributed by atoms with Gasteiger partial charge in [0.2, 0.25) is 0 Å². The van der Waals surface area contributed by atoms with Crippen LogP contribution in [-0.2, 0) is 17.5 Å². The molecule has 3 N–H and O–H groups in total. The van der Waals surface area contributed by atoms with E-state index in [0.717, 1.165) is 34.4 Å². The van der Waals surface area contributed by atoms with Crippen molar-refractivity contribution >= 4 is 28.3 Å². The van der Waals surface area contributed by atoms with Crippen LogP contribution in [0.2, 0.25) is 0 Å². The third kappa shape index (κ3) is 5.58. The fourth-order valence-corrected chi connectivity index (χ4v) is 3.30. The SMILES string of the molecule is COc1cc(CNc2cnc3[nH]ccc3c2)ccc1OCC(=O)Nc1cccc(C(F)(F)F)c1. The summed E-state index contributed by atoms with van der Waals surface area (Å²) in [6, 6.07) is 13.6. The maximum Gasteiger partial charge on any atom is 0.416 e. The largest absolute Gasteiger partial charge is 0.493 e. The molecule has 4 aromatic rings. The second kappa shape index (κ2) is 9.74. The molecule has 0 saturated carbocycles. The molecule has 4 rings (SSSR count). The van der Waals surface area contributed by atoms with Gasteiger partial charge in [-0.2, -0.15) is 13.2 Å². The second-order valence-corrected chi connectivity index (χ2v) is 7.39. The number of aromatic nitrogens is 2. The van der Waals surface area contributed by atoms with Crippen molar-refractivity contribution in [3.05, 3.63) is 78.1 Å². The number of alkyl halides is 3. The van der Waals surface area contributed by atoms with E-state index in [0.29, 0.717) is 18.0 Å². The molecule has 0 radical (unpaired) electrons. The van der Waals surface area contributed by atoms with Crippen molar-refractivity contribution in [2.45, 2.75) is 12.7 Å². The van der Waals surface area contributed by atoms with Gasteiger partial charge in [0.1, 0.15) is 5.65 Å². The van der Waals surface area contributed by atoms with E-state index in [1.54, 1.807) is 18.3 Å². The molecule has 0 bridgehead atoms. The van der Waals surface area contributed by atoms with Crippen LogP contribution in [0.5, 0.6) is 11.5 Å². The summed E-state index contributed by atoms with van der Waals surface area (Å²) < 4.78 is 49.4. The molecule has 34 heavy (non-hydrogen) atoms. The standard InChI is InChI=1S/C24H21F3N4O3/c1-33-21-9-15(12-29-19-10-16-7-8-28-23(16)30-13-19)5-6-20(21)34-14-22(32)31-18-4-2-3-17(11-18)24(25,26)27/h2-11,13,29H,12,14H2,1H3,(H,28,30)(H,31,32). The van der Waals surface area contributed by atoms with E-state index >= 15 is 0 Å². The first-order valence-corrected chi connectivity index (χ1v) is 10.3. The average Bonchev–Trinajstić information content (AvgIpc) is 3.29. The van der Waals surface area contributed by atoms with Crippen LogP contribution < -0.4 is 20.1 Å². The number of nitrogens with one attached hydrogen (secondary N) is 3. The highest BCUT2D eigenvalue weighted by molar-refractivity contribution is 5.92. The summed E-state index contributed by atoms with van der Waals surface area (Å²) in [6.07, 6.45) is -0.937. The Morgan fingerprint density at radius 2 is 1.91 bits per heavy atom. The molecule has 176 valence electrons. The van der Waals surface area contributed by atoms with Gasteiger partial charge in [0.05, 0.1) is 24.6 Å². The molecule has 1 amide bonds. The van der Waals surface area contributed by atoms with Crippen molar-refractivity contribution in [1.29, 1.82) is 0 Å². The van der Waals surface area contributed by atoms with E-state index in [1.807, 2.05) is 24.4 Å². The minimum absolute atomic E-state index is 0.0316. The Bertz CT molecular complexity index is 1300. The summed E-state index contributed by atoms with van der Waals surface area (Å²) in [6.45, 7) is 0.108. The number of hydrogen-bond donors (Lipinski definition) is 3. The molecule has 0 atom stereocenters. The number of halogens is 3. The maximum atomic E-state index is 12.8. The highest BCUT2D eigenvalue weighted by Gasteiger charge is 2.30. The molecule has 0 aliphatic carbocycles. The first kappa shape index (κ1) is 23.0. The van der Waals surface area contributed by atoms with Crippen LogP contribution in [0.3, 0.4) is 0 Å². The van der Waals surface area contributed by atoms with Crippen LogP contribution in [0, 0.1) is 0 Å². The molecule has 0 fully saturated rings. The van der Waals surface area contributed by atoms with Gasteiger partial charge in [0, 0.05) is 23.8 Å². The van der Waals surface area contributed by atoms with Gasteiger partial charge in [-0.25, -0.2) is 4.98 Å². The number of nitrogens with zero attached hydrogens (tertiary/aromatic N) is 1. The fourth-order valence-electron chi connectivity index (χ4n) is 3.30. The van der Waals surface area contributed by atoms with Crippen LogP contribution >= 0.6 is 0 Å². The number of carbonyl (C=O) groups is 1. The number of rotatable bonds is 8. The minimum atomic E-state index is -4.49. The predicted octanol–water partition coefficient (Wildman–Crippen LogP) is 5.22. The molecule has 10 heteroatoms. The lowest BCUT2D eigenvalue weighted by molar-refractivity contribution is -0.137. The van der Waals surface area contributed by atoms with Crippen molar-refractivity contribution in [1.82, 2.24) is 9.97 Å². The highest BCUT2D eigenvalue weighted by Crippen LogP contribution is 2.31. The molecule has 7 nitrogen and oxygen atoms in total. The summed E-state index contributed by atoms with van der Waals surface area (Å²) in [4.78, 5) is 19.5. The first-order valence-electron chi connectivity index (χ1n) is 10.3. The Morgan fingerprint density at radius 1 is 1.06 bits per heavy atom. The number of anilines is 2. The number of methoxy groups -OCH3 is 1. The van der Waals surface area contributed by atoms with E-state index in [2.05, 4.69) is 20.6 Å². The Morgan fingerprint density at radius 3 is 2.71 bits per heavy atom. The minimum Gasteiger partial charge on any atom is -0.493 e. The summed E-state index contributed by atoms with van der Waals surface area (Å²) in [7, 11) is 1.48. The summed E-state index contributed by atoms with van der Waals surface area (Å²) in [5, 5.41) is 6.68. The third-order valence-corrected chi connectivity index (χ3v) is 4.96. The lowest BCUT2D eigenvalue weighted by atomic mass is 10.2. The summed E-state index contributed by atoms with van der Waals surface area (Å²) in [5.41, 5.74) is 1.76. The maximum absolute atomic E-state index is 12.8. The van der Waals surface area contributed by atoms with Gasteiger partial charge >= 0.3 is 6.18 Å². The van der Waals surface area contributed by atoms with Gasteiger partial charge in [-0.05, 0) is 48.0 Å². The molecule has 0 unspecified atom stereocenters. The fraction of sp³-hybridized carbons (Fsp3) is 0.167. The van der Waals surface area contributed by atoms with E-state index in [-0.39, 0.29) is 5.69 Å². The quantitative estimate of drug-likeness (QED) is 0.329. The number of hydrogen-bond acceptors (Lipinski definition) is 5. The number of pyridine rings is 1. The van der Waals surface area contributed by atoms with Crippen molar-refractivity contribution in [2.75, 3.05) is 24.4 Å². The summed E-state index contributed by atoms with van der Waals surface area (Å²) in [5.74, 6) is 0.158. The molecule has 0 saturated heterocycles. The normalized spacial score (nSPS) is 11.3. The average molecular weight is 470 g/mol. The molecule has 0 aliphatic rings. The van der Waals surface area contributed by atoms with Crippen LogP contribution in [0.15, 0.2) is 67.0 Å². The molecule has 2 aromatic carbocycles. The number of carbonyl (C=O) groups excluding carboxylic acids is 1. The number of H-pyrrole nitrogens is 1. The second-order valence-electron chi connectivity index (χ2n) is 7.39. The molecular formula is C24H21F3N4O3. The zero-order valence-corrected chi connectivity index (χ0v) is 18.1. The van der Waals surface area contributed by atoms with Gasteiger partial charge in [-0.15, -0.1) is 0 Å². The van der Waals surface area contributed by atoms with Crippen LogP contribution in [0.1, 0.15) is 11.1 Å². The van der Waals surface area contributed by atoms with Gasteiger partial charge in [0.25, 0.3) is 5.91 Å². The molecular weight excluding hydrogens is 449 g/mol. The smallest absolute Gasteiger partial charge is 0.416 e. The number of ether oxygens (including phenoxy) is 2. The van der Waals surface area contributed by atoms with Crippen molar-refractivity contribution in [3.63, 3.8) is 0 Å². The van der Waals surface area contributed by atoms with Gasteiger partial charge < -0.3 is 25.1 Å². The first-order chi connectivity index (χ1) is 16.3. The number of aromatic amines is 1. The zero-order valence-electron chi connectivity index (χ0n) is 18.1. The van der Waals surface area contributed by atoms with E-state index < -0.39 is 24.3 Å². The predicted molar refractivity (Wildman–Crippen MR) is 122 cm³/mol. The van der Waals surface area contributed by atoms with E-state index in [9.17, 15) is 18.0 Å². The van der Waals surface area contributed by atoms with Gasteiger partial charge in [-0.3, -0.25) is 4.79 Å². The Balaban J connectivity index is 1.34. The Hall–Kier alpha value is -4.21. The lowest BCUT2D eigenvalue weighted by Gasteiger charge is -2.13. The van der Waals surface area contributed by atoms with Crippen LogP contribution in [0.4, 0.5) is 24.5 Å².